The van der Waals surface area contributed by atoms with E-state index in [0.29, 0.717) is 12.6 Å². The minimum Gasteiger partial charge on any atom is -0.468 e. The van der Waals surface area contributed by atoms with Gasteiger partial charge in [0.15, 0.2) is 0 Å². The van der Waals surface area contributed by atoms with E-state index in [4.69, 9.17) is 10.2 Å². The van der Waals surface area contributed by atoms with Gasteiger partial charge in [0.2, 0.25) is 0 Å². The van der Waals surface area contributed by atoms with Gasteiger partial charge >= 0.3 is 0 Å². The fraction of sp³-hybridized carbons (Fsp3) is 0.400. The van der Waals surface area contributed by atoms with E-state index in [1.54, 1.807) is 12.5 Å². The first kappa shape index (κ1) is 12.4. The van der Waals surface area contributed by atoms with E-state index < -0.39 is 0 Å². The van der Waals surface area contributed by atoms with Gasteiger partial charge in [-0.25, -0.2) is 0 Å². The lowest BCUT2D eigenvalue weighted by Crippen LogP contribution is -2.35. The fourth-order valence-electron chi connectivity index (χ4n) is 2.52. The number of rotatable bonds is 6. The first-order valence-corrected chi connectivity index (χ1v) is 6.76. The maximum absolute atomic E-state index is 6.00. The van der Waals surface area contributed by atoms with E-state index >= 15 is 0 Å². The molecule has 0 saturated heterocycles. The van der Waals surface area contributed by atoms with Crippen LogP contribution < -0.4 is 5.73 Å². The van der Waals surface area contributed by atoms with Gasteiger partial charge in [-0.05, 0) is 36.6 Å². The average Bonchev–Trinajstić information content (AvgIpc) is 3.17. The van der Waals surface area contributed by atoms with Crippen LogP contribution >= 0.6 is 0 Å². The Kier molecular flexibility index (Phi) is 3.62. The summed E-state index contributed by atoms with van der Waals surface area (Å²) in [6.45, 7) is 1.41. The van der Waals surface area contributed by atoms with Gasteiger partial charge in [-0.3, -0.25) is 9.88 Å². The molecule has 19 heavy (non-hydrogen) atoms. The van der Waals surface area contributed by atoms with Crippen LogP contribution in [0.1, 0.15) is 30.2 Å². The van der Waals surface area contributed by atoms with E-state index in [0.717, 1.165) is 12.3 Å². The zero-order valence-corrected chi connectivity index (χ0v) is 10.9. The Bertz CT molecular complexity index is 493. The molecule has 1 aliphatic carbocycles. The minimum atomic E-state index is 0.214. The minimum absolute atomic E-state index is 0.214. The molecular formula is C15H19N3O. The average molecular weight is 257 g/mol. The van der Waals surface area contributed by atoms with Gasteiger partial charge in [-0.15, -0.1) is 0 Å². The van der Waals surface area contributed by atoms with Crippen molar-refractivity contribution in [2.24, 2.45) is 5.73 Å². The Hall–Kier alpha value is -1.65. The summed E-state index contributed by atoms with van der Waals surface area (Å²) < 4.78 is 5.47. The van der Waals surface area contributed by atoms with Gasteiger partial charge < -0.3 is 10.2 Å². The van der Waals surface area contributed by atoms with Crippen LogP contribution in [0.5, 0.6) is 0 Å². The summed E-state index contributed by atoms with van der Waals surface area (Å²) >= 11 is 0. The fourth-order valence-corrected chi connectivity index (χ4v) is 2.52. The SMILES string of the molecule is NCC(c1cccnc1)N(Cc1ccco1)C1CC1. The van der Waals surface area contributed by atoms with Gasteiger partial charge in [0.1, 0.15) is 5.76 Å². The quantitative estimate of drug-likeness (QED) is 0.863. The monoisotopic (exact) mass is 257 g/mol. The van der Waals surface area contributed by atoms with Crippen LogP contribution in [0.15, 0.2) is 47.3 Å². The van der Waals surface area contributed by atoms with Gasteiger partial charge in [-0.1, -0.05) is 6.07 Å². The van der Waals surface area contributed by atoms with Crippen LogP contribution in [-0.2, 0) is 6.54 Å². The molecule has 0 radical (unpaired) electrons. The zero-order chi connectivity index (χ0) is 13.1. The zero-order valence-electron chi connectivity index (χ0n) is 10.9. The lowest BCUT2D eigenvalue weighted by atomic mass is 10.1. The van der Waals surface area contributed by atoms with Crippen LogP contribution in [-0.4, -0.2) is 22.5 Å². The molecule has 0 aromatic carbocycles. The van der Waals surface area contributed by atoms with Gasteiger partial charge in [-0.2, -0.15) is 0 Å². The predicted molar refractivity (Wildman–Crippen MR) is 73.3 cm³/mol. The molecule has 0 spiro atoms. The third kappa shape index (κ3) is 2.85. The number of hydrogen-bond acceptors (Lipinski definition) is 4. The van der Waals surface area contributed by atoms with Crippen molar-refractivity contribution in [3.05, 3.63) is 54.2 Å². The summed E-state index contributed by atoms with van der Waals surface area (Å²) in [5, 5.41) is 0. The molecule has 2 heterocycles. The van der Waals surface area contributed by atoms with Gasteiger partial charge in [0.25, 0.3) is 0 Å². The highest BCUT2D eigenvalue weighted by Gasteiger charge is 2.34. The summed E-state index contributed by atoms with van der Waals surface area (Å²) in [6.07, 6.45) is 7.93. The second-order valence-corrected chi connectivity index (χ2v) is 5.02. The second kappa shape index (κ2) is 5.55. The van der Waals surface area contributed by atoms with Crippen molar-refractivity contribution in [1.82, 2.24) is 9.88 Å². The van der Waals surface area contributed by atoms with E-state index in [2.05, 4.69) is 16.0 Å². The largest absolute Gasteiger partial charge is 0.468 e. The predicted octanol–water partition coefficient (Wildman–Crippen LogP) is 2.34. The Morgan fingerprint density at radius 3 is 2.84 bits per heavy atom. The number of pyridine rings is 1. The maximum Gasteiger partial charge on any atom is 0.117 e. The van der Waals surface area contributed by atoms with E-state index in [-0.39, 0.29) is 6.04 Å². The number of aromatic nitrogens is 1. The topological polar surface area (TPSA) is 55.3 Å². The number of nitrogens with two attached hydrogens (primary N) is 1. The second-order valence-electron chi connectivity index (χ2n) is 5.02. The first-order chi connectivity index (χ1) is 9.38. The number of furan rings is 1. The van der Waals surface area contributed by atoms with Gasteiger partial charge in [0.05, 0.1) is 12.8 Å². The normalized spacial score (nSPS) is 16.7. The van der Waals surface area contributed by atoms with Crippen molar-refractivity contribution >= 4 is 0 Å². The van der Waals surface area contributed by atoms with Crippen molar-refractivity contribution < 1.29 is 4.42 Å². The Labute approximate surface area is 113 Å². The molecule has 1 unspecified atom stereocenters. The molecule has 2 N–H and O–H groups in total. The molecule has 4 nitrogen and oxygen atoms in total. The van der Waals surface area contributed by atoms with Crippen LogP contribution in [0, 0.1) is 0 Å². The molecule has 4 heteroatoms. The van der Waals surface area contributed by atoms with Crippen LogP contribution in [0.2, 0.25) is 0 Å². The molecule has 2 aromatic heterocycles. The summed E-state index contributed by atoms with van der Waals surface area (Å²) in [6, 6.07) is 8.86. The Morgan fingerprint density at radius 1 is 1.37 bits per heavy atom. The molecule has 0 aliphatic heterocycles. The summed E-state index contributed by atoms with van der Waals surface area (Å²) in [5.74, 6) is 0.995. The molecule has 1 saturated carbocycles. The van der Waals surface area contributed by atoms with Crippen LogP contribution in [0.3, 0.4) is 0 Å². The van der Waals surface area contributed by atoms with Crippen molar-refractivity contribution in [1.29, 1.82) is 0 Å². The van der Waals surface area contributed by atoms with E-state index in [9.17, 15) is 0 Å². The van der Waals surface area contributed by atoms with Crippen molar-refractivity contribution in [3.8, 4) is 0 Å². The first-order valence-electron chi connectivity index (χ1n) is 6.76. The highest BCUT2D eigenvalue weighted by molar-refractivity contribution is 5.16. The van der Waals surface area contributed by atoms with Crippen molar-refractivity contribution in [3.63, 3.8) is 0 Å². The van der Waals surface area contributed by atoms with Crippen LogP contribution in [0.25, 0.3) is 0 Å². The summed E-state index contributed by atoms with van der Waals surface area (Å²) in [5.41, 5.74) is 7.18. The van der Waals surface area contributed by atoms with E-state index in [1.807, 2.05) is 24.4 Å². The molecule has 2 aromatic rings. The molecule has 1 aliphatic rings. The molecule has 1 fully saturated rings. The molecular weight excluding hydrogens is 238 g/mol. The molecule has 0 amide bonds. The molecule has 3 rings (SSSR count). The highest BCUT2D eigenvalue weighted by Crippen LogP contribution is 2.35. The smallest absolute Gasteiger partial charge is 0.117 e. The highest BCUT2D eigenvalue weighted by atomic mass is 16.3. The number of nitrogens with zero attached hydrogens (tertiary/aromatic N) is 2. The molecule has 0 bridgehead atoms. The van der Waals surface area contributed by atoms with Crippen molar-refractivity contribution in [2.75, 3.05) is 6.54 Å². The third-order valence-corrected chi connectivity index (χ3v) is 3.63. The molecule has 100 valence electrons. The lowest BCUT2D eigenvalue weighted by Gasteiger charge is -2.30. The Balaban J connectivity index is 1.81. The Morgan fingerprint density at radius 2 is 2.26 bits per heavy atom. The third-order valence-electron chi connectivity index (χ3n) is 3.63. The summed E-state index contributed by atoms with van der Waals surface area (Å²) in [7, 11) is 0. The standard InChI is InChI=1S/C15H19N3O/c16-9-15(12-3-1-7-17-10-12)18(13-5-6-13)11-14-4-2-8-19-14/h1-4,7-8,10,13,15H,5-6,9,11,16H2. The summed E-state index contributed by atoms with van der Waals surface area (Å²) in [4.78, 5) is 6.65. The van der Waals surface area contributed by atoms with E-state index in [1.165, 1.54) is 18.4 Å². The molecule has 1 atom stereocenters. The maximum atomic E-state index is 6.00. The number of hydrogen-bond donors (Lipinski definition) is 1. The van der Waals surface area contributed by atoms with Crippen LogP contribution in [0.4, 0.5) is 0 Å². The van der Waals surface area contributed by atoms with Crippen molar-refractivity contribution in [2.45, 2.75) is 31.5 Å². The lowest BCUT2D eigenvalue weighted by molar-refractivity contribution is 0.167. The van der Waals surface area contributed by atoms with Gasteiger partial charge in [0, 0.05) is 31.0 Å².